The minimum Gasteiger partial charge on any atom is -0.383 e. The van der Waals surface area contributed by atoms with Gasteiger partial charge in [0.05, 0.1) is 6.61 Å². The second-order valence-electron chi connectivity index (χ2n) is 4.60. The summed E-state index contributed by atoms with van der Waals surface area (Å²) in [6.45, 7) is 6.11. The van der Waals surface area contributed by atoms with E-state index in [1.807, 2.05) is 4.90 Å². The molecule has 1 saturated carbocycles. The van der Waals surface area contributed by atoms with Crippen LogP contribution in [-0.4, -0.2) is 44.2 Å². The first-order valence-electron chi connectivity index (χ1n) is 6.33. The van der Waals surface area contributed by atoms with E-state index in [0.29, 0.717) is 32.2 Å². The van der Waals surface area contributed by atoms with Crippen molar-refractivity contribution in [2.75, 3.05) is 33.4 Å². The molecule has 2 unspecified atom stereocenters. The van der Waals surface area contributed by atoms with Crippen molar-refractivity contribution >= 4 is 5.91 Å². The van der Waals surface area contributed by atoms with Crippen molar-refractivity contribution in [2.24, 2.45) is 17.6 Å². The maximum Gasteiger partial charge on any atom is 0.226 e. The topological polar surface area (TPSA) is 55.6 Å². The molecule has 0 saturated heterocycles. The summed E-state index contributed by atoms with van der Waals surface area (Å²) in [6, 6.07) is 0. The maximum atomic E-state index is 12.4. The molecule has 98 valence electrons. The second kappa shape index (κ2) is 7.45. The predicted molar refractivity (Wildman–Crippen MR) is 68.5 cm³/mol. The molecule has 1 fully saturated rings. The molecule has 0 spiro atoms. The minimum atomic E-state index is 0.108. The van der Waals surface area contributed by atoms with Crippen LogP contribution in [0.25, 0.3) is 0 Å². The van der Waals surface area contributed by atoms with Gasteiger partial charge in [-0.05, 0) is 25.3 Å². The number of rotatable bonds is 7. The Kier molecular flexibility index (Phi) is 6.22. The van der Waals surface area contributed by atoms with Crippen LogP contribution in [0.5, 0.6) is 0 Å². The van der Waals surface area contributed by atoms with E-state index in [0.717, 1.165) is 19.3 Å². The molecule has 17 heavy (non-hydrogen) atoms. The number of hydrogen-bond acceptors (Lipinski definition) is 3. The molecule has 0 radical (unpaired) electrons. The van der Waals surface area contributed by atoms with Crippen molar-refractivity contribution in [2.45, 2.75) is 19.3 Å². The maximum absolute atomic E-state index is 12.4. The molecule has 1 aliphatic rings. The van der Waals surface area contributed by atoms with E-state index >= 15 is 0 Å². The quantitative estimate of drug-likeness (QED) is 0.676. The molecule has 4 nitrogen and oxygen atoms in total. The summed E-state index contributed by atoms with van der Waals surface area (Å²) in [5.74, 6) is 0.684. The normalized spacial score (nSPS) is 23.6. The zero-order valence-corrected chi connectivity index (χ0v) is 10.7. The van der Waals surface area contributed by atoms with Crippen molar-refractivity contribution in [1.82, 2.24) is 4.90 Å². The number of nitrogens with two attached hydrogens (primary N) is 1. The van der Waals surface area contributed by atoms with Crippen molar-refractivity contribution in [1.29, 1.82) is 0 Å². The first-order chi connectivity index (χ1) is 8.24. The van der Waals surface area contributed by atoms with Gasteiger partial charge >= 0.3 is 0 Å². The number of hydrogen-bond donors (Lipinski definition) is 1. The van der Waals surface area contributed by atoms with Crippen LogP contribution in [0.2, 0.25) is 0 Å². The summed E-state index contributed by atoms with van der Waals surface area (Å²) in [5, 5.41) is 0. The number of carbonyl (C=O) groups excluding carboxylic acids is 1. The fourth-order valence-corrected chi connectivity index (χ4v) is 2.53. The van der Waals surface area contributed by atoms with E-state index in [-0.39, 0.29) is 11.8 Å². The van der Waals surface area contributed by atoms with E-state index in [1.54, 1.807) is 13.2 Å². The molecular formula is C13H24N2O2. The smallest absolute Gasteiger partial charge is 0.226 e. The van der Waals surface area contributed by atoms with E-state index in [4.69, 9.17) is 10.5 Å². The van der Waals surface area contributed by atoms with Crippen LogP contribution in [0, 0.1) is 11.8 Å². The van der Waals surface area contributed by atoms with Gasteiger partial charge in [-0.1, -0.05) is 12.5 Å². The van der Waals surface area contributed by atoms with Gasteiger partial charge in [0.1, 0.15) is 0 Å². The predicted octanol–water partition coefficient (Wildman–Crippen LogP) is 1.02. The minimum absolute atomic E-state index is 0.108. The van der Waals surface area contributed by atoms with Gasteiger partial charge in [-0.25, -0.2) is 0 Å². The van der Waals surface area contributed by atoms with E-state index in [2.05, 4.69) is 6.58 Å². The van der Waals surface area contributed by atoms with Gasteiger partial charge in [0.25, 0.3) is 0 Å². The molecule has 2 atom stereocenters. The van der Waals surface area contributed by atoms with Gasteiger partial charge in [-0.15, -0.1) is 6.58 Å². The largest absolute Gasteiger partial charge is 0.383 e. The van der Waals surface area contributed by atoms with E-state index in [1.165, 1.54) is 0 Å². The lowest BCUT2D eigenvalue weighted by Crippen LogP contribution is -2.40. The molecule has 0 aromatic heterocycles. The highest BCUT2D eigenvalue weighted by molar-refractivity contribution is 5.79. The highest BCUT2D eigenvalue weighted by Crippen LogP contribution is 2.32. The molecule has 0 aliphatic heterocycles. The Morgan fingerprint density at radius 3 is 2.94 bits per heavy atom. The first-order valence-corrected chi connectivity index (χ1v) is 6.33. The third-order valence-electron chi connectivity index (χ3n) is 3.51. The molecule has 1 aliphatic carbocycles. The van der Waals surface area contributed by atoms with Crippen molar-refractivity contribution in [3.8, 4) is 0 Å². The Morgan fingerprint density at radius 1 is 1.59 bits per heavy atom. The molecule has 0 aromatic carbocycles. The van der Waals surface area contributed by atoms with Crippen LogP contribution in [0.15, 0.2) is 12.7 Å². The van der Waals surface area contributed by atoms with Crippen molar-refractivity contribution in [3.63, 3.8) is 0 Å². The molecular weight excluding hydrogens is 216 g/mol. The molecule has 2 N–H and O–H groups in total. The monoisotopic (exact) mass is 240 g/mol. The highest BCUT2D eigenvalue weighted by Gasteiger charge is 2.34. The SMILES string of the molecule is C=CCN(CCOC)C(=O)C1CCCC1CN. The average Bonchev–Trinajstić information content (AvgIpc) is 2.81. The highest BCUT2D eigenvalue weighted by atomic mass is 16.5. The molecule has 1 amide bonds. The van der Waals surface area contributed by atoms with Gasteiger partial charge in [-0.3, -0.25) is 4.79 Å². The zero-order chi connectivity index (χ0) is 12.7. The van der Waals surface area contributed by atoms with Crippen LogP contribution >= 0.6 is 0 Å². The van der Waals surface area contributed by atoms with Crippen LogP contribution in [-0.2, 0) is 9.53 Å². The van der Waals surface area contributed by atoms with Crippen LogP contribution in [0.3, 0.4) is 0 Å². The summed E-state index contributed by atoms with van der Waals surface area (Å²) < 4.78 is 5.03. The number of nitrogens with zero attached hydrogens (tertiary/aromatic N) is 1. The number of amides is 1. The zero-order valence-electron chi connectivity index (χ0n) is 10.7. The Labute approximate surface area is 104 Å². The third kappa shape index (κ3) is 3.82. The summed E-state index contributed by atoms with van der Waals surface area (Å²) in [7, 11) is 1.65. The fraction of sp³-hybridized carbons (Fsp3) is 0.769. The van der Waals surface area contributed by atoms with Gasteiger partial charge < -0.3 is 15.4 Å². The van der Waals surface area contributed by atoms with Gasteiger partial charge in [-0.2, -0.15) is 0 Å². The fourth-order valence-electron chi connectivity index (χ4n) is 2.53. The molecule has 0 bridgehead atoms. The number of ether oxygens (including phenoxy) is 1. The summed E-state index contributed by atoms with van der Waals surface area (Å²) in [6.07, 6.45) is 4.94. The molecule has 0 heterocycles. The Hall–Kier alpha value is -0.870. The van der Waals surface area contributed by atoms with Gasteiger partial charge in [0.2, 0.25) is 5.91 Å². The van der Waals surface area contributed by atoms with Crippen molar-refractivity contribution in [3.05, 3.63) is 12.7 Å². The first kappa shape index (κ1) is 14.2. The lowest BCUT2D eigenvalue weighted by molar-refractivity contribution is -0.136. The Bertz CT molecular complexity index is 256. The van der Waals surface area contributed by atoms with Crippen LogP contribution < -0.4 is 5.73 Å². The Balaban J connectivity index is 2.59. The second-order valence-corrected chi connectivity index (χ2v) is 4.60. The summed E-state index contributed by atoms with van der Waals surface area (Å²) >= 11 is 0. The van der Waals surface area contributed by atoms with E-state index in [9.17, 15) is 4.79 Å². The standard InChI is InChI=1S/C13H24N2O2/c1-3-7-15(8-9-17-2)13(16)12-6-4-5-11(12)10-14/h3,11-12H,1,4-10,14H2,2H3. The Morgan fingerprint density at radius 2 is 2.35 bits per heavy atom. The van der Waals surface area contributed by atoms with Crippen LogP contribution in [0.1, 0.15) is 19.3 Å². The average molecular weight is 240 g/mol. The lowest BCUT2D eigenvalue weighted by Gasteiger charge is -2.26. The number of methoxy groups -OCH3 is 1. The van der Waals surface area contributed by atoms with E-state index < -0.39 is 0 Å². The number of carbonyl (C=O) groups is 1. The summed E-state index contributed by atoms with van der Waals surface area (Å²) in [4.78, 5) is 14.2. The molecule has 1 rings (SSSR count). The molecule has 0 aromatic rings. The molecule has 4 heteroatoms. The third-order valence-corrected chi connectivity index (χ3v) is 3.51. The van der Waals surface area contributed by atoms with Gasteiger partial charge in [0, 0.05) is 26.1 Å². The summed E-state index contributed by atoms with van der Waals surface area (Å²) in [5.41, 5.74) is 5.72. The van der Waals surface area contributed by atoms with Crippen LogP contribution in [0.4, 0.5) is 0 Å². The van der Waals surface area contributed by atoms with Gasteiger partial charge in [0.15, 0.2) is 0 Å². The van der Waals surface area contributed by atoms with Crippen molar-refractivity contribution < 1.29 is 9.53 Å². The lowest BCUT2D eigenvalue weighted by atomic mass is 9.94.